The van der Waals surface area contributed by atoms with Crippen LogP contribution >= 0.6 is 0 Å². The lowest BCUT2D eigenvalue weighted by molar-refractivity contribution is -0.116. The van der Waals surface area contributed by atoms with Gasteiger partial charge in [0.1, 0.15) is 5.75 Å². The number of aryl methyl sites for hydroxylation is 1. The van der Waals surface area contributed by atoms with Gasteiger partial charge in [-0.2, -0.15) is 10.1 Å². The van der Waals surface area contributed by atoms with Crippen molar-refractivity contribution in [2.45, 2.75) is 19.8 Å². The van der Waals surface area contributed by atoms with Crippen molar-refractivity contribution in [1.29, 1.82) is 0 Å². The molecule has 0 saturated carbocycles. The number of nitrogens with one attached hydrogen (secondary N) is 2. The number of aromatic nitrogens is 4. The third kappa shape index (κ3) is 4.01. The minimum Gasteiger partial charge on any atom is -0.494 e. The standard InChI is InChI=1S/C20H19N5O3/c1-2-27-16-6-3-13(4-7-16)20-23-19(28-25-20)10-9-18(26)22-15-5-8-17-14(11-15)12-21-24-17/h3-8,11-12H,2,9-10H2,1H3,(H,21,24)(H,22,26). The second-order valence-electron chi connectivity index (χ2n) is 6.19. The van der Waals surface area contributed by atoms with Gasteiger partial charge in [-0.05, 0) is 49.4 Å². The first-order valence-electron chi connectivity index (χ1n) is 9.00. The molecule has 0 bridgehead atoms. The Labute approximate surface area is 160 Å². The van der Waals surface area contributed by atoms with Crippen molar-refractivity contribution in [2.24, 2.45) is 0 Å². The lowest BCUT2D eigenvalue weighted by Crippen LogP contribution is -2.12. The lowest BCUT2D eigenvalue weighted by atomic mass is 10.2. The molecule has 0 atom stereocenters. The summed E-state index contributed by atoms with van der Waals surface area (Å²) in [6.07, 6.45) is 2.32. The molecule has 28 heavy (non-hydrogen) atoms. The quantitative estimate of drug-likeness (QED) is 0.510. The molecule has 142 valence electrons. The van der Waals surface area contributed by atoms with E-state index in [0.717, 1.165) is 27.9 Å². The van der Waals surface area contributed by atoms with Gasteiger partial charge in [-0.25, -0.2) is 0 Å². The number of H-pyrrole nitrogens is 1. The first-order chi connectivity index (χ1) is 13.7. The van der Waals surface area contributed by atoms with E-state index < -0.39 is 0 Å². The average molecular weight is 377 g/mol. The molecule has 2 aromatic heterocycles. The number of ether oxygens (including phenoxy) is 1. The molecule has 0 saturated heterocycles. The van der Waals surface area contributed by atoms with Crippen LogP contribution in [0.2, 0.25) is 0 Å². The van der Waals surface area contributed by atoms with Crippen molar-refractivity contribution in [3.05, 3.63) is 54.6 Å². The molecular formula is C20H19N5O3. The summed E-state index contributed by atoms with van der Waals surface area (Å²) in [5, 5.41) is 14.6. The minimum absolute atomic E-state index is 0.122. The average Bonchev–Trinajstić information content (AvgIpc) is 3.36. The van der Waals surface area contributed by atoms with Crippen LogP contribution < -0.4 is 10.1 Å². The molecule has 8 nitrogen and oxygen atoms in total. The number of nitrogens with zero attached hydrogens (tertiary/aromatic N) is 3. The molecule has 2 N–H and O–H groups in total. The number of hydrogen-bond donors (Lipinski definition) is 2. The summed E-state index contributed by atoms with van der Waals surface area (Å²) in [6, 6.07) is 13.0. The molecule has 1 amide bonds. The fourth-order valence-electron chi connectivity index (χ4n) is 2.80. The Morgan fingerprint density at radius 1 is 1.21 bits per heavy atom. The summed E-state index contributed by atoms with van der Waals surface area (Å²) >= 11 is 0. The largest absolute Gasteiger partial charge is 0.494 e. The van der Waals surface area contributed by atoms with Crippen LogP contribution in [-0.2, 0) is 11.2 Å². The van der Waals surface area contributed by atoms with Gasteiger partial charge in [-0.3, -0.25) is 9.89 Å². The molecule has 0 spiro atoms. The van der Waals surface area contributed by atoms with Crippen LogP contribution in [0.1, 0.15) is 19.2 Å². The summed E-state index contributed by atoms with van der Waals surface area (Å²) in [4.78, 5) is 16.6. The maximum absolute atomic E-state index is 12.2. The van der Waals surface area contributed by atoms with Crippen LogP contribution in [0.15, 0.2) is 53.2 Å². The monoisotopic (exact) mass is 377 g/mol. The smallest absolute Gasteiger partial charge is 0.227 e. The highest BCUT2D eigenvalue weighted by Crippen LogP contribution is 2.21. The summed E-state index contributed by atoms with van der Waals surface area (Å²) < 4.78 is 10.7. The van der Waals surface area contributed by atoms with E-state index in [2.05, 4.69) is 25.7 Å². The number of anilines is 1. The molecule has 0 unspecified atom stereocenters. The van der Waals surface area contributed by atoms with Gasteiger partial charge in [0.05, 0.1) is 18.3 Å². The van der Waals surface area contributed by atoms with Crippen molar-refractivity contribution in [1.82, 2.24) is 20.3 Å². The van der Waals surface area contributed by atoms with Crippen LogP contribution in [0.4, 0.5) is 5.69 Å². The summed E-state index contributed by atoms with van der Waals surface area (Å²) in [5.41, 5.74) is 2.47. The maximum atomic E-state index is 12.2. The summed E-state index contributed by atoms with van der Waals surface area (Å²) in [5.74, 6) is 1.58. The minimum atomic E-state index is -0.122. The number of benzene rings is 2. The topological polar surface area (TPSA) is 106 Å². The van der Waals surface area contributed by atoms with E-state index in [1.807, 2.05) is 49.4 Å². The molecule has 0 fully saturated rings. The van der Waals surface area contributed by atoms with E-state index >= 15 is 0 Å². The van der Waals surface area contributed by atoms with Gasteiger partial charge in [-0.1, -0.05) is 5.16 Å². The normalized spacial score (nSPS) is 10.9. The highest BCUT2D eigenvalue weighted by atomic mass is 16.5. The number of rotatable bonds is 7. The van der Waals surface area contributed by atoms with E-state index in [9.17, 15) is 4.79 Å². The molecule has 8 heteroatoms. The second-order valence-corrected chi connectivity index (χ2v) is 6.19. The van der Waals surface area contributed by atoms with Gasteiger partial charge < -0.3 is 14.6 Å². The zero-order chi connectivity index (χ0) is 19.3. The fourth-order valence-corrected chi connectivity index (χ4v) is 2.80. The third-order valence-corrected chi connectivity index (χ3v) is 4.18. The number of hydrogen-bond acceptors (Lipinski definition) is 6. The Kier molecular flexibility index (Phi) is 5.01. The van der Waals surface area contributed by atoms with Crippen molar-refractivity contribution in [3.63, 3.8) is 0 Å². The van der Waals surface area contributed by atoms with Gasteiger partial charge in [-0.15, -0.1) is 0 Å². The molecule has 0 radical (unpaired) electrons. The van der Waals surface area contributed by atoms with Crippen molar-refractivity contribution in [2.75, 3.05) is 11.9 Å². The Hall–Kier alpha value is -3.68. The molecule has 0 aliphatic carbocycles. The van der Waals surface area contributed by atoms with Gasteiger partial charge in [0.25, 0.3) is 0 Å². The van der Waals surface area contributed by atoms with E-state index in [4.69, 9.17) is 9.26 Å². The van der Waals surface area contributed by atoms with E-state index in [1.54, 1.807) is 6.20 Å². The fraction of sp³-hybridized carbons (Fsp3) is 0.200. The molecule has 2 aromatic carbocycles. The molecule has 4 rings (SSSR count). The van der Waals surface area contributed by atoms with Crippen LogP contribution in [0, 0.1) is 0 Å². The van der Waals surface area contributed by atoms with Gasteiger partial charge in [0, 0.05) is 29.5 Å². The van der Waals surface area contributed by atoms with Crippen LogP contribution in [0.5, 0.6) is 5.75 Å². The Morgan fingerprint density at radius 2 is 2.07 bits per heavy atom. The summed E-state index contributed by atoms with van der Waals surface area (Å²) in [6.45, 7) is 2.55. The number of carbonyl (C=O) groups is 1. The number of carbonyl (C=O) groups excluding carboxylic acids is 1. The number of aromatic amines is 1. The highest BCUT2D eigenvalue weighted by Gasteiger charge is 2.11. The van der Waals surface area contributed by atoms with Crippen LogP contribution in [0.3, 0.4) is 0 Å². The van der Waals surface area contributed by atoms with E-state index in [0.29, 0.717) is 24.7 Å². The molecule has 0 aliphatic heterocycles. The SMILES string of the molecule is CCOc1ccc(-c2noc(CCC(=O)Nc3ccc4[nH]ncc4c3)n2)cc1. The predicted octanol–water partition coefficient (Wildman–Crippen LogP) is 3.58. The van der Waals surface area contributed by atoms with Crippen molar-refractivity contribution < 1.29 is 14.1 Å². The maximum Gasteiger partial charge on any atom is 0.227 e. The van der Waals surface area contributed by atoms with Crippen LogP contribution in [0.25, 0.3) is 22.3 Å². The van der Waals surface area contributed by atoms with Crippen molar-refractivity contribution >= 4 is 22.5 Å². The highest BCUT2D eigenvalue weighted by molar-refractivity contribution is 5.93. The van der Waals surface area contributed by atoms with Crippen LogP contribution in [-0.4, -0.2) is 32.9 Å². The number of amides is 1. The van der Waals surface area contributed by atoms with E-state index in [1.165, 1.54) is 0 Å². The number of fused-ring (bicyclic) bond motifs is 1. The Morgan fingerprint density at radius 3 is 2.89 bits per heavy atom. The van der Waals surface area contributed by atoms with Gasteiger partial charge in [0.2, 0.25) is 17.6 Å². The first kappa shape index (κ1) is 17.7. The Bertz CT molecular complexity index is 1080. The predicted molar refractivity (Wildman–Crippen MR) is 104 cm³/mol. The zero-order valence-electron chi connectivity index (χ0n) is 15.3. The molecule has 4 aromatic rings. The third-order valence-electron chi connectivity index (χ3n) is 4.18. The van der Waals surface area contributed by atoms with Gasteiger partial charge >= 0.3 is 0 Å². The van der Waals surface area contributed by atoms with E-state index in [-0.39, 0.29) is 12.3 Å². The second kappa shape index (κ2) is 7.91. The molecule has 2 heterocycles. The first-order valence-corrected chi connectivity index (χ1v) is 9.00. The lowest BCUT2D eigenvalue weighted by Gasteiger charge is -2.04. The molecular weight excluding hydrogens is 358 g/mol. The van der Waals surface area contributed by atoms with Gasteiger partial charge in [0.15, 0.2) is 0 Å². The summed E-state index contributed by atoms with van der Waals surface area (Å²) in [7, 11) is 0. The molecule has 0 aliphatic rings. The Balaban J connectivity index is 1.34. The zero-order valence-corrected chi connectivity index (χ0v) is 15.3. The van der Waals surface area contributed by atoms with Crippen molar-refractivity contribution in [3.8, 4) is 17.1 Å².